The van der Waals surface area contributed by atoms with Gasteiger partial charge in [-0.25, -0.2) is 0 Å². The van der Waals surface area contributed by atoms with Gasteiger partial charge in [-0.15, -0.1) is 0 Å². The SMILES string of the molecule is CCC1CCCC(OC(CC(=O)O)C(F)(F)F)C1. The van der Waals surface area contributed by atoms with Crippen LogP contribution in [0.5, 0.6) is 0 Å². The maximum absolute atomic E-state index is 12.6. The van der Waals surface area contributed by atoms with Gasteiger partial charge in [0.05, 0.1) is 12.5 Å². The first-order chi connectivity index (χ1) is 8.32. The molecule has 0 aromatic heterocycles. The molecule has 0 aromatic carbocycles. The van der Waals surface area contributed by atoms with Gasteiger partial charge in [0, 0.05) is 0 Å². The first-order valence-corrected chi connectivity index (χ1v) is 6.26. The number of carboxylic acids is 1. The summed E-state index contributed by atoms with van der Waals surface area (Å²) in [7, 11) is 0. The van der Waals surface area contributed by atoms with Crippen LogP contribution in [0.25, 0.3) is 0 Å². The third-order valence-corrected chi connectivity index (χ3v) is 3.39. The zero-order valence-corrected chi connectivity index (χ0v) is 10.4. The number of hydrogen-bond donors (Lipinski definition) is 1. The van der Waals surface area contributed by atoms with Crippen molar-refractivity contribution in [1.29, 1.82) is 0 Å². The van der Waals surface area contributed by atoms with Crippen LogP contribution in [-0.4, -0.2) is 29.5 Å². The van der Waals surface area contributed by atoms with E-state index in [0.717, 1.165) is 19.3 Å². The molecule has 1 saturated carbocycles. The predicted octanol–water partition coefficient (Wildman–Crippen LogP) is 3.38. The van der Waals surface area contributed by atoms with Crippen LogP contribution in [0.1, 0.15) is 45.4 Å². The average molecular weight is 268 g/mol. The van der Waals surface area contributed by atoms with E-state index in [4.69, 9.17) is 9.84 Å². The Labute approximate surface area is 104 Å². The number of alkyl halides is 3. The molecule has 1 rings (SSSR count). The van der Waals surface area contributed by atoms with Crippen LogP contribution < -0.4 is 0 Å². The number of ether oxygens (including phenoxy) is 1. The van der Waals surface area contributed by atoms with Crippen LogP contribution in [0, 0.1) is 5.92 Å². The fraction of sp³-hybridized carbons (Fsp3) is 0.917. The summed E-state index contributed by atoms with van der Waals surface area (Å²) >= 11 is 0. The highest BCUT2D eigenvalue weighted by molar-refractivity contribution is 5.67. The fourth-order valence-electron chi connectivity index (χ4n) is 2.37. The summed E-state index contributed by atoms with van der Waals surface area (Å²) in [5.41, 5.74) is 0. The van der Waals surface area contributed by atoms with Gasteiger partial charge in [0.15, 0.2) is 6.10 Å². The van der Waals surface area contributed by atoms with Gasteiger partial charge in [0.25, 0.3) is 0 Å². The Morgan fingerprint density at radius 3 is 2.61 bits per heavy atom. The van der Waals surface area contributed by atoms with Crippen molar-refractivity contribution in [1.82, 2.24) is 0 Å². The average Bonchev–Trinajstić information content (AvgIpc) is 2.26. The Bertz CT molecular complexity index is 278. The second-order valence-corrected chi connectivity index (χ2v) is 4.83. The molecule has 1 N–H and O–H groups in total. The molecule has 0 aliphatic heterocycles. The lowest BCUT2D eigenvalue weighted by Gasteiger charge is -2.32. The van der Waals surface area contributed by atoms with Gasteiger partial charge in [-0.3, -0.25) is 4.79 Å². The van der Waals surface area contributed by atoms with Crippen LogP contribution in [0.3, 0.4) is 0 Å². The van der Waals surface area contributed by atoms with E-state index in [1.54, 1.807) is 0 Å². The quantitative estimate of drug-likeness (QED) is 0.831. The standard InChI is InChI=1S/C12H19F3O3/c1-2-8-4-3-5-9(6-8)18-10(7-11(16)17)12(13,14)15/h8-10H,2-7H2,1H3,(H,16,17). The molecule has 106 valence electrons. The minimum absolute atomic E-state index is 0.391. The molecule has 0 radical (unpaired) electrons. The number of carbonyl (C=O) groups is 1. The Hall–Kier alpha value is -0.780. The molecule has 0 spiro atoms. The summed E-state index contributed by atoms with van der Waals surface area (Å²) in [6, 6.07) is 0. The third kappa shape index (κ3) is 4.84. The Morgan fingerprint density at radius 1 is 1.44 bits per heavy atom. The molecule has 1 fully saturated rings. The van der Waals surface area contributed by atoms with Gasteiger partial charge in [-0.05, 0) is 18.8 Å². The summed E-state index contributed by atoms with van der Waals surface area (Å²) in [6.07, 6.45) is -4.30. The van der Waals surface area contributed by atoms with Crippen LogP contribution in [-0.2, 0) is 9.53 Å². The highest BCUT2D eigenvalue weighted by Gasteiger charge is 2.43. The molecule has 1 aliphatic rings. The molecule has 3 nitrogen and oxygen atoms in total. The molecule has 0 amide bonds. The Morgan fingerprint density at radius 2 is 2.11 bits per heavy atom. The first-order valence-electron chi connectivity index (χ1n) is 6.26. The van der Waals surface area contributed by atoms with E-state index in [0.29, 0.717) is 18.8 Å². The fourth-order valence-corrected chi connectivity index (χ4v) is 2.37. The highest BCUT2D eigenvalue weighted by atomic mass is 19.4. The Balaban J connectivity index is 2.57. The van der Waals surface area contributed by atoms with Gasteiger partial charge >= 0.3 is 12.1 Å². The van der Waals surface area contributed by atoms with E-state index < -0.39 is 30.8 Å². The minimum Gasteiger partial charge on any atom is -0.481 e. The molecule has 0 heterocycles. The second kappa shape index (κ2) is 6.41. The molecule has 0 saturated heterocycles. The van der Waals surface area contributed by atoms with Gasteiger partial charge in [-0.1, -0.05) is 26.2 Å². The number of rotatable bonds is 5. The van der Waals surface area contributed by atoms with Crippen molar-refractivity contribution in [2.75, 3.05) is 0 Å². The molecule has 6 heteroatoms. The van der Waals surface area contributed by atoms with Crippen LogP contribution in [0.2, 0.25) is 0 Å². The molecular formula is C12H19F3O3. The summed E-state index contributed by atoms with van der Waals surface area (Å²) in [6.45, 7) is 2.01. The van der Waals surface area contributed by atoms with Crippen molar-refractivity contribution in [2.24, 2.45) is 5.92 Å². The maximum Gasteiger partial charge on any atom is 0.415 e. The molecule has 3 unspecified atom stereocenters. The zero-order chi connectivity index (χ0) is 13.8. The van der Waals surface area contributed by atoms with E-state index >= 15 is 0 Å². The van der Waals surface area contributed by atoms with Crippen LogP contribution in [0.4, 0.5) is 13.2 Å². The molecular weight excluding hydrogens is 249 g/mol. The maximum atomic E-state index is 12.6. The van der Waals surface area contributed by atoms with Crippen LogP contribution >= 0.6 is 0 Å². The monoisotopic (exact) mass is 268 g/mol. The topological polar surface area (TPSA) is 46.5 Å². The lowest BCUT2D eigenvalue weighted by atomic mass is 9.85. The number of halogens is 3. The largest absolute Gasteiger partial charge is 0.481 e. The number of carboxylic acid groups (broad SMARTS) is 1. The third-order valence-electron chi connectivity index (χ3n) is 3.39. The van der Waals surface area contributed by atoms with Crippen molar-refractivity contribution in [3.05, 3.63) is 0 Å². The smallest absolute Gasteiger partial charge is 0.415 e. The van der Waals surface area contributed by atoms with Crippen molar-refractivity contribution in [3.63, 3.8) is 0 Å². The summed E-state index contributed by atoms with van der Waals surface area (Å²) in [5.74, 6) is -1.09. The predicted molar refractivity (Wildman–Crippen MR) is 59.2 cm³/mol. The minimum atomic E-state index is -4.61. The lowest BCUT2D eigenvalue weighted by molar-refractivity contribution is -0.239. The molecule has 0 aromatic rings. The molecule has 18 heavy (non-hydrogen) atoms. The van der Waals surface area contributed by atoms with Gasteiger partial charge in [-0.2, -0.15) is 13.2 Å². The van der Waals surface area contributed by atoms with E-state index in [9.17, 15) is 18.0 Å². The first kappa shape index (κ1) is 15.3. The van der Waals surface area contributed by atoms with E-state index in [1.807, 2.05) is 6.92 Å². The molecule has 3 atom stereocenters. The lowest BCUT2D eigenvalue weighted by Crippen LogP contribution is -2.38. The summed E-state index contributed by atoms with van der Waals surface area (Å²) < 4.78 is 42.9. The van der Waals surface area contributed by atoms with E-state index in [2.05, 4.69) is 0 Å². The van der Waals surface area contributed by atoms with E-state index in [-0.39, 0.29) is 0 Å². The van der Waals surface area contributed by atoms with Crippen molar-refractivity contribution in [3.8, 4) is 0 Å². The molecule has 0 bridgehead atoms. The van der Waals surface area contributed by atoms with Crippen molar-refractivity contribution in [2.45, 2.75) is 63.8 Å². The summed E-state index contributed by atoms with van der Waals surface area (Å²) in [5, 5.41) is 8.49. The zero-order valence-electron chi connectivity index (χ0n) is 10.4. The number of aliphatic carboxylic acids is 1. The summed E-state index contributed by atoms with van der Waals surface area (Å²) in [4.78, 5) is 10.4. The van der Waals surface area contributed by atoms with Crippen LogP contribution in [0.15, 0.2) is 0 Å². The van der Waals surface area contributed by atoms with Gasteiger partial charge in [0.1, 0.15) is 0 Å². The van der Waals surface area contributed by atoms with Crippen molar-refractivity contribution < 1.29 is 27.8 Å². The second-order valence-electron chi connectivity index (χ2n) is 4.83. The highest BCUT2D eigenvalue weighted by Crippen LogP contribution is 2.33. The normalized spacial score (nSPS) is 26.9. The van der Waals surface area contributed by atoms with Crippen molar-refractivity contribution >= 4 is 5.97 Å². The van der Waals surface area contributed by atoms with E-state index in [1.165, 1.54) is 0 Å². The molecule has 1 aliphatic carbocycles. The van der Waals surface area contributed by atoms with Gasteiger partial charge in [0.2, 0.25) is 0 Å². The van der Waals surface area contributed by atoms with Gasteiger partial charge < -0.3 is 9.84 Å². The Kier molecular flexibility index (Phi) is 5.44. The number of hydrogen-bond acceptors (Lipinski definition) is 2.